The van der Waals surface area contributed by atoms with E-state index in [0.29, 0.717) is 23.8 Å². The standard InChI is InChI=1S/C16H16FN5O2S2/c17-11-5-7-12(8-6-11)26(23,24)21-9-1-2-13(21)15-20-22-14(10-3-4-10)18-19-16(22)25-15/h5-8,10,13H,1-4,9H2/t13-/m1/s1. The first-order valence-corrected chi connectivity index (χ1v) is 10.8. The molecule has 10 heteroatoms. The van der Waals surface area contributed by atoms with E-state index in [9.17, 15) is 12.8 Å². The van der Waals surface area contributed by atoms with Crippen LogP contribution >= 0.6 is 11.3 Å². The Balaban J connectivity index is 1.51. The van der Waals surface area contributed by atoms with Gasteiger partial charge >= 0.3 is 0 Å². The summed E-state index contributed by atoms with van der Waals surface area (Å²) in [5.74, 6) is 0.833. The minimum absolute atomic E-state index is 0.104. The monoisotopic (exact) mass is 393 g/mol. The number of hydrogen-bond donors (Lipinski definition) is 0. The lowest BCUT2D eigenvalue weighted by Crippen LogP contribution is -2.30. The second-order valence-electron chi connectivity index (χ2n) is 6.69. The van der Waals surface area contributed by atoms with Gasteiger partial charge < -0.3 is 0 Å². The number of nitrogens with zero attached hydrogens (tertiary/aromatic N) is 5. The van der Waals surface area contributed by atoms with Crippen LogP contribution in [0.5, 0.6) is 0 Å². The molecule has 0 N–H and O–H groups in total. The molecule has 1 saturated carbocycles. The molecule has 1 atom stereocenters. The molecular weight excluding hydrogens is 377 g/mol. The predicted molar refractivity (Wildman–Crippen MR) is 92.9 cm³/mol. The first kappa shape index (κ1) is 16.3. The van der Waals surface area contributed by atoms with E-state index in [-0.39, 0.29) is 10.9 Å². The molecule has 0 radical (unpaired) electrons. The van der Waals surface area contributed by atoms with E-state index in [1.165, 1.54) is 39.9 Å². The van der Waals surface area contributed by atoms with Crippen LogP contribution in [0.4, 0.5) is 4.39 Å². The first-order valence-electron chi connectivity index (χ1n) is 8.53. The minimum atomic E-state index is -3.70. The molecule has 1 saturated heterocycles. The minimum Gasteiger partial charge on any atom is -0.207 e. The van der Waals surface area contributed by atoms with Gasteiger partial charge in [0.25, 0.3) is 0 Å². The van der Waals surface area contributed by atoms with E-state index >= 15 is 0 Å². The third-order valence-corrected chi connectivity index (χ3v) is 7.80. The van der Waals surface area contributed by atoms with E-state index in [1.54, 1.807) is 4.52 Å². The van der Waals surface area contributed by atoms with Gasteiger partial charge in [-0.15, -0.1) is 10.2 Å². The molecule has 0 bridgehead atoms. The summed E-state index contributed by atoms with van der Waals surface area (Å²) in [4.78, 5) is 0.806. The fourth-order valence-corrected chi connectivity index (χ4v) is 6.11. The Morgan fingerprint density at radius 3 is 2.62 bits per heavy atom. The van der Waals surface area contributed by atoms with Crippen LogP contribution in [-0.4, -0.2) is 39.1 Å². The number of hydrogen-bond acceptors (Lipinski definition) is 6. The highest BCUT2D eigenvalue weighted by molar-refractivity contribution is 7.89. The average molecular weight is 393 g/mol. The van der Waals surface area contributed by atoms with Gasteiger partial charge in [0.15, 0.2) is 5.82 Å². The molecule has 0 spiro atoms. The largest absolute Gasteiger partial charge is 0.243 e. The van der Waals surface area contributed by atoms with Gasteiger partial charge in [-0.1, -0.05) is 11.3 Å². The summed E-state index contributed by atoms with van der Waals surface area (Å²) >= 11 is 1.39. The SMILES string of the molecule is O=S(=O)(c1ccc(F)cc1)N1CCC[C@@H]1c1nn2c(C3CC3)nnc2s1. The fourth-order valence-electron chi connectivity index (χ4n) is 3.39. The second-order valence-corrected chi connectivity index (χ2v) is 9.57. The molecule has 136 valence electrons. The summed E-state index contributed by atoms with van der Waals surface area (Å²) in [5, 5.41) is 13.8. The molecule has 1 aromatic carbocycles. The molecule has 3 heterocycles. The molecule has 3 aromatic rings. The molecule has 26 heavy (non-hydrogen) atoms. The summed E-state index contributed by atoms with van der Waals surface area (Å²) in [7, 11) is -3.70. The molecular formula is C16H16FN5O2S2. The number of benzene rings is 1. The second kappa shape index (κ2) is 5.80. The van der Waals surface area contributed by atoms with Crippen molar-refractivity contribution in [2.45, 2.75) is 42.5 Å². The van der Waals surface area contributed by atoms with Crippen molar-refractivity contribution < 1.29 is 12.8 Å². The Kier molecular flexibility index (Phi) is 3.63. The molecule has 1 aliphatic heterocycles. The first-order chi connectivity index (χ1) is 12.5. The van der Waals surface area contributed by atoms with Crippen molar-refractivity contribution in [3.63, 3.8) is 0 Å². The highest BCUT2D eigenvalue weighted by Gasteiger charge is 2.39. The van der Waals surface area contributed by atoms with Crippen molar-refractivity contribution in [3.05, 3.63) is 40.9 Å². The van der Waals surface area contributed by atoms with Crippen LogP contribution in [0.2, 0.25) is 0 Å². The van der Waals surface area contributed by atoms with Crippen LogP contribution in [0.1, 0.15) is 48.5 Å². The van der Waals surface area contributed by atoms with Crippen molar-refractivity contribution in [1.82, 2.24) is 24.1 Å². The maximum Gasteiger partial charge on any atom is 0.243 e. The van der Waals surface area contributed by atoms with Gasteiger partial charge in [0.1, 0.15) is 10.8 Å². The van der Waals surface area contributed by atoms with Gasteiger partial charge in [0, 0.05) is 12.5 Å². The molecule has 1 aliphatic carbocycles. The molecule has 2 aromatic heterocycles. The van der Waals surface area contributed by atoms with Crippen molar-refractivity contribution in [2.75, 3.05) is 6.54 Å². The van der Waals surface area contributed by atoms with Crippen LogP contribution < -0.4 is 0 Å². The highest BCUT2D eigenvalue weighted by atomic mass is 32.2. The van der Waals surface area contributed by atoms with Gasteiger partial charge in [0.2, 0.25) is 15.0 Å². The predicted octanol–water partition coefficient (Wildman–Crippen LogP) is 2.73. The maximum atomic E-state index is 13.2. The molecule has 0 amide bonds. The van der Waals surface area contributed by atoms with Crippen LogP contribution in [0.3, 0.4) is 0 Å². The number of rotatable bonds is 4. The Morgan fingerprint density at radius 2 is 1.88 bits per heavy atom. The van der Waals surface area contributed by atoms with E-state index in [0.717, 1.165) is 30.1 Å². The Morgan fingerprint density at radius 1 is 1.12 bits per heavy atom. The smallest absolute Gasteiger partial charge is 0.207 e. The molecule has 2 aliphatic rings. The zero-order valence-electron chi connectivity index (χ0n) is 13.7. The number of sulfonamides is 1. The fraction of sp³-hybridized carbons (Fsp3) is 0.438. The lowest BCUT2D eigenvalue weighted by Gasteiger charge is -2.22. The number of fused-ring (bicyclic) bond motifs is 1. The summed E-state index contributed by atoms with van der Waals surface area (Å²) < 4.78 is 42.4. The lowest BCUT2D eigenvalue weighted by molar-refractivity contribution is 0.393. The Labute approximate surface area is 153 Å². The Bertz CT molecular complexity index is 1070. The summed E-state index contributed by atoms with van der Waals surface area (Å²) in [6, 6.07) is 4.64. The molecule has 2 fully saturated rings. The van der Waals surface area contributed by atoms with Crippen molar-refractivity contribution >= 4 is 26.3 Å². The topological polar surface area (TPSA) is 80.5 Å². The lowest BCUT2D eigenvalue weighted by atomic mass is 10.2. The van der Waals surface area contributed by atoms with Gasteiger partial charge in [-0.05, 0) is 49.9 Å². The quantitative estimate of drug-likeness (QED) is 0.681. The molecule has 7 nitrogen and oxygen atoms in total. The van der Waals surface area contributed by atoms with Crippen molar-refractivity contribution in [2.24, 2.45) is 0 Å². The molecule has 0 unspecified atom stereocenters. The van der Waals surface area contributed by atoms with Crippen molar-refractivity contribution in [1.29, 1.82) is 0 Å². The average Bonchev–Trinajstić information content (AvgIpc) is 3.04. The van der Waals surface area contributed by atoms with Gasteiger partial charge in [0.05, 0.1) is 10.9 Å². The van der Waals surface area contributed by atoms with E-state index in [1.807, 2.05) is 0 Å². The van der Waals surface area contributed by atoms with Crippen LogP contribution in [0.15, 0.2) is 29.2 Å². The normalized spacial score (nSPS) is 21.7. The van der Waals surface area contributed by atoms with E-state index < -0.39 is 15.8 Å². The van der Waals surface area contributed by atoms with Gasteiger partial charge in [-0.3, -0.25) is 0 Å². The number of halogens is 1. The Hall–Kier alpha value is -1.91. The van der Waals surface area contributed by atoms with Gasteiger partial charge in [-0.2, -0.15) is 13.9 Å². The molecule has 5 rings (SSSR count). The van der Waals surface area contributed by atoms with Gasteiger partial charge in [-0.25, -0.2) is 12.8 Å². The third kappa shape index (κ3) is 2.55. The maximum absolute atomic E-state index is 13.2. The van der Waals surface area contributed by atoms with Crippen molar-refractivity contribution in [3.8, 4) is 0 Å². The zero-order chi connectivity index (χ0) is 17.9. The van der Waals surface area contributed by atoms with Crippen LogP contribution in [0, 0.1) is 5.82 Å². The zero-order valence-corrected chi connectivity index (χ0v) is 15.4. The number of aromatic nitrogens is 4. The highest BCUT2D eigenvalue weighted by Crippen LogP contribution is 2.41. The van der Waals surface area contributed by atoms with Crippen LogP contribution in [-0.2, 0) is 10.0 Å². The summed E-state index contributed by atoms with van der Waals surface area (Å²) in [6.07, 6.45) is 3.67. The van der Waals surface area contributed by atoms with Crippen LogP contribution in [0.25, 0.3) is 4.96 Å². The summed E-state index contributed by atoms with van der Waals surface area (Å²) in [5.41, 5.74) is 0. The summed E-state index contributed by atoms with van der Waals surface area (Å²) in [6.45, 7) is 0.431. The van der Waals surface area contributed by atoms with E-state index in [2.05, 4.69) is 15.3 Å². The van der Waals surface area contributed by atoms with E-state index in [4.69, 9.17) is 0 Å². The third-order valence-electron chi connectivity index (χ3n) is 4.88.